The standard InChI is InChI=1S/C29H34ClN5O3/c1-3-38-28-20(6-5-15-32-28)22-10-9-21-23(33-22)18-35(26(36)11-14-31)19-29(21)12-16-34(17-13-29)24-7-4-8-25(37-2)27(24)30/h4-10,15H,3,11-14,16-19,31H2,1-2H3. The number of nitrogens with two attached hydrogens (primary N) is 1. The Morgan fingerprint density at radius 3 is 2.71 bits per heavy atom. The fourth-order valence-corrected chi connectivity index (χ4v) is 6.06. The predicted molar refractivity (Wildman–Crippen MR) is 149 cm³/mol. The molecule has 0 aliphatic carbocycles. The summed E-state index contributed by atoms with van der Waals surface area (Å²) >= 11 is 6.65. The Morgan fingerprint density at radius 2 is 1.97 bits per heavy atom. The Hall–Kier alpha value is -3.36. The van der Waals surface area contributed by atoms with Gasteiger partial charge >= 0.3 is 0 Å². The van der Waals surface area contributed by atoms with Crippen LogP contribution in [-0.4, -0.2) is 60.7 Å². The number of nitrogens with zero attached hydrogens (tertiary/aromatic N) is 4. The second-order valence-electron chi connectivity index (χ2n) is 9.83. The van der Waals surface area contributed by atoms with Gasteiger partial charge in [0.2, 0.25) is 11.8 Å². The quantitative estimate of drug-likeness (QED) is 0.478. The number of aromatic nitrogens is 2. The Morgan fingerprint density at radius 1 is 1.16 bits per heavy atom. The Kier molecular flexibility index (Phi) is 7.72. The van der Waals surface area contributed by atoms with E-state index in [9.17, 15) is 4.79 Å². The molecule has 3 aromatic rings. The van der Waals surface area contributed by atoms with E-state index in [1.54, 1.807) is 13.3 Å². The van der Waals surface area contributed by atoms with Crippen molar-refractivity contribution in [1.82, 2.24) is 14.9 Å². The molecule has 5 rings (SSSR count). The van der Waals surface area contributed by atoms with Gasteiger partial charge < -0.3 is 25.0 Å². The highest BCUT2D eigenvalue weighted by molar-refractivity contribution is 6.34. The summed E-state index contributed by atoms with van der Waals surface area (Å²) in [6, 6.07) is 14.0. The smallest absolute Gasteiger partial charge is 0.224 e. The summed E-state index contributed by atoms with van der Waals surface area (Å²) in [5.74, 6) is 1.30. The first-order chi connectivity index (χ1) is 18.5. The maximum absolute atomic E-state index is 13.1. The molecule has 8 nitrogen and oxygen atoms in total. The summed E-state index contributed by atoms with van der Waals surface area (Å²) < 4.78 is 11.2. The summed E-state index contributed by atoms with van der Waals surface area (Å²) in [7, 11) is 1.63. The van der Waals surface area contributed by atoms with E-state index in [1.807, 2.05) is 42.2 Å². The molecule has 0 saturated carbocycles. The molecular weight excluding hydrogens is 502 g/mol. The van der Waals surface area contributed by atoms with Crippen LogP contribution in [0.2, 0.25) is 5.02 Å². The zero-order valence-corrected chi connectivity index (χ0v) is 22.7. The molecule has 2 aromatic heterocycles. The minimum Gasteiger partial charge on any atom is -0.495 e. The third-order valence-electron chi connectivity index (χ3n) is 7.64. The monoisotopic (exact) mass is 535 g/mol. The molecule has 1 fully saturated rings. The van der Waals surface area contributed by atoms with Crippen LogP contribution in [0.1, 0.15) is 37.4 Å². The number of fused-ring (bicyclic) bond motifs is 2. The second-order valence-corrected chi connectivity index (χ2v) is 10.2. The molecule has 38 heavy (non-hydrogen) atoms. The number of hydrogen-bond acceptors (Lipinski definition) is 7. The highest BCUT2D eigenvalue weighted by Gasteiger charge is 2.44. The molecule has 1 spiro atoms. The van der Waals surface area contributed by atoms with Gasteiger partial charge in [-0.25, -0.2) is 4.98 Å². The number of rotatable bonds is 7. The minimum absolute atomic E-state index is 0.0689. The maximum Gasteiger partial charge on any atom is 0.224 e. The molecule has 9 heteroatoms. The number of hydrogen-bond donors (Lipinski definition) is 1. The number of methoxy groups -OCH3 is 1. The van der Waals surface area contributed by atoms with Crippen LogP contribution in [0, 0.1) is 0 Å². The third-order valence-corrected chi connectivity index (χ3v) is 8.02. The molecule has 0 unspecified atom stereocenters. The van der Waals surface area contributed by atoms with Gasteiger partial charge in [-0.3, -0.25) is 9.78 Å². The van der Waals surface area contributed by atoms with Gasteiger partial charge in [-0.15, -0.1) is 0 Å². The molecule has 1 amide bonds. The van der Waals surface area contributed by atoms with Gasteiger partial charge in [-0.1, -0.05) is 23.7 Å². The van der Waals surface area contributed by atoms with Crippen LogP contribution in [-0.2, 0) is 16.8 Å². The molecule has 1 aromatic carbocycles. The van der Waals surface area contributed by atoms with Crippen molar-refractivity contribution in [3.63, 3.8) is 0 Å². The van der Waals surface area contributed by atoms with Crippen molar-refractivity contribution < 1.29 is 14.3 Å². The van der Waals surface area contributed by atoms with E-state index in [1.165, 1.54) is 5.56 Å². The van der Waals surface area contributed by atoms with Crippen molar-refractivity contribution in [3.8, 4) is 22.9 Å². The highest BCUT2D eigenvalue weighted by Crippen LogP contribution is 2.45. The van der Waals surface area contributed by atoms with E-state index >= 15 is 0 Å². The molecule has 0 bridgehead atoms. The number of carbonyl (C=O) groups excluding carboxylic acids is 1. The summed E-state index contributed by atoms with van der Waals surface area (Å²) in [6.45, 7) is 5.55. The molecule has 200 valence electrons. The van der Waals surface area contributed by atoms with E-state index in [4.69, 9.17) is 31.8 Å². The fraction of sp³-hybridized carbons (Fsp3) is 0.414. The Balaban J connectivity index is 1.49. The number of pyridine rings is 2. The van der Waals surface area contributed by atoms with Gasteiger partial charge in [-0.2, -0.15) is 0 Å². The fourth-order valence-electron chi connectivity index (χ4n) is 5.74. The summed E-state index contributed by atoms with van der Waals surface area (Å²) in [5, 5.41) is 0.627. The number of carbonyl (C=O) groups is 1. The van der Waals surface area contributed by atoms with Crippen molar-refractivity contribution in [3.05, 3.63) is 64.9 Å². The van der Waals surface area contributed by atoms with Crippen molar-refractivity contribution in [2.75, 3.05) is 44.8 Å². The van der Waals surface area contributed by atoms with E-state index in [2.05, 4.69) is 22.0 Å². The molecule has 2 aliphatic heterocycles. The number of ether oxygens (including phenoxy) is 2. The lowest BCUT2D eigenvalue weighted by atomic mass is 9.69. The van der Waals surface area contributed by atoms with Gasteiger partial charge in [0, 0.05) is 44.2 Å². The minimum atomic E-state index is -0.192. The first-order valence-corrected chi connectivity index (χ1v) is 13.5. The van der Waals surface area contributed by atoms with Gasteiger partial charge in [0.25, 0.3) is 0 Å². The van der Waals surface area contributed by atoms with Crippen LogP contribution < -0.4 is 20.1 Å². The van der Waals surface area contributed by atoms with Gasteiger partial charge in [0.15, 0.2) is 0 Å². The summed E-state index contributed by atoms with van der Waals surface area (Å²) in [5.41, 5.74) is 10.3. The topological polar surface area (TPSA) is 93.8 Å². The number of benzene rings is 1. The second kappa shape index (κ2) is 11.2. The maximum atomic E-state index is 13.1. The summed E-state index contributed by atoms with van der Waals surface area (Å²) in [4.78, 5) is 26.8. The van der Waals surface area contributed by atoms with Gasteiger partial charge in [0.1, 0.15) is 10.8 Å². The van der Waals surface area contributed by atoms with Crippen molar-refractivity contribution >= 4 is 23.2 Å². The Labute approximate surface area is 228 Å². The van der Waals surface area contributed by atoms with Crippen LogP contribution in [0.5, 0.6) is 11.6 Å². The molecule has 4 heterocycles. The van der Waals surface area contributed by atoms with Crippen LogP contribution >= 0.6 is 11.6 Å². The predicted octanol–water partition coefficient (Wildman–Crippen LogP) is 4.43. The highest BCUT2D eigenvalue weighted by atomic mass is 35.5. The molecular formula is C29H34ClN5O3. The molecule has 2 N–H and O–H groups in total. The van der Waals surface area contributed by atoms with Crippen LogP contribution in [0.15, 0.2) is 48.7 Å². The molecule has 2 aliphatic rings. The van der Waals surface area contributed by atoms with Gasteiger partial charge in [0.05, 0.1) is 42.9 Å². The van der Waals surface area contributed by atoms with Crippen LogP contribution in [0.4, 0.5) is 5.69 Å². The zero-order valence-electron chi connectivity index (χ0n) is 22.0. The lowest BCUT2D eigenvalue weighted by Crippen LogP contribution is -2.53. The van der Waals surface area contributed by atoms with E-state index in [0.29, 0.717) is 49.3 Å². The SMILES string of the molecule is CCOc1ncccc1-c1ccc2c(n1)CN(C(=O)CCN)CC21CCN(c2cccc(OC)c2Cl)CC1. The zero-order chi connectivity index (χ0) is 26.7. The molecule has 0 radical (unpaired) electrons. The van der Waals surface area contributed by atoms with E-state index in [0.717, 1.165) is 48.6 Å². The van der Waals surface area contributed by atoms with Crippen molar-refractivity contribution in [1.29, 1.82) is 0 Å². The molecule has 0 atom stereocenters. The van der Waals surface area contributed by atoms with Crippen LogP contribution in [0.25, 0.3) is 11.3 Å². The van der Waals surface area contributed by atoms with Gasteiger partial charge in [-0.05, 0) is 55.7 Å². The van der Waals surface area contributed by atoms with Crippen molar-refractivity contribution in [2.24, 2.45) is 5.73 Å². The van der Waals surface area contributed by atoms with E-state index in [-0.39, 0.29) is 11.3 Å². The molecule has 1 saturated heterocycles. The number of amides is 1. The average Bonchev–Trinajstić information content (AvgIpc) is 2.94. The van der Waals surface area contributed by atoms with E-state index < -0.39 is 0 Å². The summed E-state index contributed by atoms with van der Waals surface area (Å²) in [6.07, 6.45) is 3.79. The number of halogens is 1. The first-order valence-electron chi connectivity index (χ1n) is 13.1. The lowest BCUT2D eigenvalue weighted by molar-refractivity contribution is -0.133. The van der Waals surface area contributed by atoms with Crippen LogP contribution in [0.3, 0.4) is 0 Å². The Bertz CT molecular complexity index is 1310. The number of piperidine rings is 1. The van der Waals surface area contributed by atoms with Crippen molar-refractivity contribution in [2.45, 2.75) is 38.1 Å². The first kappa shape index (κ1) is 26.3. The number of anilines is 1. The average molecular weight is 536 g/mol. The lowest BCUT2D eigenvalue weighted by Gasteiger charge is -2.49. The largest absolute Gasteiger partial charge is 0.495 e. The third kappa shape index (κ3) is 4.90. The normalized spacial score (nSPS) is 16.3.